The first kappa shape index (κ1) is 20.3. The fraction of sp³-hybridized carbons (Fsp3) is 0.190. The zero-order valence-electron chi connectivity index (χ0n) is 15.3. The van der Waals surface area contributed by atoms with Gasteiger partial charge in [-0.05, 0) is 36.6 Å². The number of amides is 1. The highest BCUT2D eigenvalue weighted by molar-refractivity contribution is 9.10. The zero-order valence-corrected chi connectivity index (χ0v) is 16.9. The number of aromatic nitrogens is 1. The highest BCUT2D eigenvalue weighted by atomic mass is 79.9. The molecule has 0 saturated carbocycles. The van der Waals surface area contributed by atoms with Crippen LogP contribution in [0, 0.1) is 0 Å². The topological polar surface area (TPSA) is 72.2 Å². The molecule has 154 valence electrons. The molecular weight excluding hydrogens is 465 g/mol. The van der Waals surface area contributed by atoms with Crippen LogP contribution >= 0.6 is 15.9 Å². The SMILES string of the molecule is O=C(NC1CCc2cc(Br)ccc2C1=O)c1onc(-c2ccccc2)c1C(F)(F)F. The lowest BCUT2D eigenvalue weighted by Gasteiger charge is -2.24. The zero-order chi connectivity index (χ0) is 21.5. The second kappa shape index (κ2) is 7.71. The van der Waals surface area contributed by atoms with Gasteiger partial charge in [0.2, 0.25) is 5.76 Å². The van der Waals surface area contributed by atoms with Crippen molar-refractivity contribution in [3.8, 4) is 11.3 Å². The molecule has 3 aromatic rings. The number of carbonyl (C=O) groups is 2. The summed E-state index contributed by atoms with van der Waals surface area (Å²) in [6.45, 7) is 0. The number of nitrogens with zero attached hydrogens (tertiary/aromatic N) is 1. The molecule has 4 rings (SSSR count). The lowest BCUT2D eigenvalue weighted by molar-refractivity contribution is -0.137. The van der Waals surface area contributed by atoms with Crippen LogP contribution in [0.2, 0.25) is 0 Å². The Morgan fingerprint density at radius 3 is 2.60 bits per heavy atom. The Kier molecular flexibility index (Phi) is 5.23. The van der Waals surface area contributed by atoms with Crippen LogP contribution in [0.25, 0.3) is 11.3 Å². The molecule has 1 aromatic heterocycles. The third-order valence-electron chi connectivity index (χ3n) is 4.89. The number of nitrogens with one attached hydrogen (secondary N) is 1. The van der Waals surface area contributed by atoms with Crippen molar-refractivity contribution in [1.29, 1.82) is 0 Å². The van der Waals surface area contributed by atoms with Crippen LogP contribution in [-0.4, -0.2) is 22.9 Å². The van der Waals surface area contributed by atoms with Gasteiger partial charge in [-0.15, -0.1) is 0 Å². The molecule has 0 fully saturated rings. The van der Waals surface area contributed by atoms with Crippen LogP contribution < -0.4 is 5.32 Å². The quantitative estimate of drug-likeness (QED) is 0.571. The smallest absolute Gasteiger partial charge is 0.350 e. The summed E-state index contributed by atoms with van der Waals surface area (Å²) in [7, 11) is 0. The fourth-order valence-electron chi connectivity index (χ4n) is 3.49. The van der Waals surface area contributed by atoms with E-state index in [4.69, 9.17) is 4.52 Å². The van der Waals surface area contributed by atoms with E-state index in [2.05, 4.69) is 26.4 Å². The average molecular weight is 479 g/mol. The molecule has 2 aromatic carbocycles. The van der Waals surface area contributed by atoms with Crippen molar-refractivity contribution >= 4 is 27.6 Å². The van der Waals surface area contributed by atoms with Crippen molar-refractivity contribution in [2.24, 2.45) is 0 Å². The molecule has 1 unspecified atom stereocenters. The molecule has 0 aliphatic heterocycles. The number of Topliss-reactive ketones (excluding diaryl/α,β-unsaturated/α-hetero) is 1. The molecule has 1 aliphatic carbocycles. The minimum atomic E-state index is -4.87. The van der Waals surface area contributed by atoms with Gasteiger partial charge in [-0.1, -0.05) is 51.4 Å². The van der Waals surface area contributed by atoms with Gasteiger partial charge in [0.15, 0.2) is 5.78 Å². The number of halogens is 4. The van der Waals surface area contributed by atoms with Crippen LogP contribution in [-0.2, 0) is 12.6 Å². The molecule has 0 bridgehead atoms. The van der Waals surface area contributed by atoms with E-state index in [1.807, 2.05) is 6.07 Å². The van der Waals surface area contributed by atoms with Crippen LogP contribution in [0.5, 0.6) is 0 Å². The summed E-state index contributed by atoms with van der Waals surface area (Å²) in [5.41, 5.74) is -0.312. The van der Waals surface area contributed by atoms with Crippen molar-refractivity contribution in [3.63, 3.8) is 0 Å². The number of rotatable bonds is 3. The van der Waals surface area contributed by atoms with Gasteiger partial charge in [0.25, 0.3) is 5.91 Å². The normalized spacial score (nSPS) is 16.3. The number of benzene rings is 2. The second-order valence-corrected chi connectivity index (χ2v) is 7.75. The van der Waals surface area contributed by atoms with E-state index in [9.17, 15) is 22.8 Å². The molecule has 1 heterocycles. The number of hydrogen-bond donors (Lipinski definition) is 1. The van der Waals surface area contributed by atoms with Gasteiger partial charge < -0.3 is 9.84 Å². The summed E-state index contributed by atoms with van der Waals surface area (Å²) in [4.78, 5) is 25.3. The maximum absolute atomic E-state index is 13.7. The Morgan fingerprint density at radius 2 is 1.90 bits per heavy atom. The third kappa shape index (κ3) is 3.77. The first-order valence-electron chi connectivity index (χ1n) is 9.01. The van der Waals surface area contributed by atoms with Crippen molar-refractivity contribution < 1.29 is 27.3 Å². The van der Waals surface area contributed by atoms with Crippen molar-refractivity contribution in [1.82, 2.24) is 10.5 Å². The predicted molar refractivity (Wildman–Crippen MR) is 105 cm³/mol. The Bertz CT molecular complexity index is 1130. The third-order valence-corrected chi connectivity index (χ3v) is 5.38. The van der Waals surface area contributed by atoms with E-state index in [-0.39, 0.29) is 17.8 Å². The number of ketones is 1. The number of aryl methyl sites for hydroxylation is 1. The molecule has 1 atom stereocenters. The Balaban J connectivity index is 1.64. The van der Waals surface area contributed by atoms with Gasteiger partial charge in [-0.3, -0.25) is 9.59 Å². The molecule has 1 aliphatic rings. The predicted octanol–water partition coefficient (Wildman–Crippen LogP) is 5.05. The van der Waals surface area contributed by atoms with Crippen LogP contribution in [0.3, 0.4) is 0 Å². The maximum atomic E-state index is 13.7. The molecule has 1 N–H and O–H groups in total. The van der Waals surface area contributed by atoms with E-state index < -0.39 is 35.1 Å². The van der Waals surface area contributed by atoms with Gasteiger partial charge in [-0.25, -0.2) is 0 Å². The van der Waals surface area contributed by atoms with E-state index in [1.54, 1.807) is 30.3 Å². The van der Waals surface area contributed by atoms with E-state index in [0.29, 0.717) is 12.0 Å². The Morgan fingerprint density at radius 1 is 1.17 bits per heavy atom. The van der Waals surface area contributed by atoms with Crippen LogP contribution in [0.15, 0.2) is 57.5 Å². The Hall–Kier alpha value is -2.94. The molecule has 9 heteroatoms. The Labute approximate surface area is 177 Å². The summed E-state index contributed by atoms with van der Waals surface area (Å²) in [6.07, 6.45) is -4.09. The number of carbonyl (C=O) groups excluding carboxylic acids is 2. The number of fused-ring (bicyclic) bond motifs is 1. The molecule has 0 spiro atoms. The number of alkyl halides is 3. The van der Waals surface area contributed by atoms with E-state index in [1.165, 1.54) is 12.1 Å². The van der Waals surface area contributed by atoms with Gasteiger partial charge in [0, 0.05) is 15.6 Å². The van der Waals surface area contributed by atoms with Gasteiger partial charge in [0.1, 0.15) is 11.3 Å². The largest absolute Gasteiger partial charge is 0.422 e. The van der Waals surface area contributed by atoms with Crippen molar-refractivity contribution in [2.45, 2.75) is 25.1 Å². The summed E-state index contributed by atoms with van der Waals surface area (Å²) in [5.74, 6) is -2.44. The molecule has 0 saturated heterocycles. The first-order valence-corrected chi connectivity index (χ1v) is 9.81. The van der Waals surface area contributed by atoms with Crippen LogP contribution in [0.1, 0.15) is 38.5 Å². The van der Waals surface area contributed by atoms with Gasteiger partial charge >= 0.3 is 6.18 Å². The molecule has 5 nitrogen and oxygen atoms in total. The summed E-state index contributed by atoms with van der Waals surface area (Å²) in [5, 5.41) is 5.87. The summed E-state index contributed by atoms with van der Waals surface area (Å²) in [6, 6.07) is 11.8. The molecule has 30 heavy (non-hydrogen) atoms. The minimum Gasteiger partial charge on any atom is -0.350 e. The fourth-order valence-corrected chi connectivity index (χ4v) is 3.90. The van der Waals surface area contributed by atoms with Gasteiger partial charge in [0.05, 0.1) is 6.04 Å². The molecule has 0 radical (unpaired) electrons. The second-order valence-electron chi connectivity index (χ2n) is 6.83. The highest BCUT2D eigenvalue weighted by Gasteiger charge is 2.43. The van der Waals surface area contributed by atoms with E-state index in [0.717, 1.165) is 10.0 Å². The van der Waals surface area contributed by atoms with Crippen molar-refractivity contribution in [3.05, 3.63) is 75.5 Å². The lowest BCUT2D eigenvalue weighted by Crippen LogP contribution is -2.43. The number of hydrogen-bond acceptors (Lipinski definition) is 4. The highest BCUT2D eigenvalue weighted by Crippen LogP contribution is 2.39. The van der Waals surface area contributed by atoms with E-state index >= 15 is 0 Å². The minimum absolute atomic E-state index is 0.167. The first-order chi connectivity index (χ1) is 14.3. The van der Waals surface area contributed by atoms with Gasteiger partial charge in [-0.2, -0.15) is 13.2 Å². The molecule has 1 amide bonds. The summed E-state index contributed by atoms with van der Waals surface area (Å²) >= 11 is 3.34. The average Bonchev–Trinajstić information content (AvgIpc) is 3.17. The lowest BCUT2D eigenvalue weighted by atomic mass is 9.87. The maximum Gasteiger partial charge on any atom is 0.422 e. The molecular formula is C21H14BrF3N2O3. The standard InChI is InChI=1S/C21H14BrF3N2O3/c22-13-7-8-14-12(10-13)6-9-15(18(14)28)26-20(29)19-16(21(23,24)25)17(27-30-19)11-4-2-1-3-5-11/h1-5,7-8,10,15H,6,9H2,(H,26,29). The van der Waals surface area contributed by atoms with Crippen LogP contribution in [0.4, 0.5) is 13.2 Å². The van der Waals surface area contributed by atoms with Crippen molar-refractivity contribution in [2.75, 3.05) is 0 Å². The summed E-state index contributed by atoms with van der Waals surface area (Å²) < 4.78 is 46.8. The monoisotopic (exact) mass is 478 g/mol.